The molecule has 0 bridgehead atoms. The van der Waals surface area contributed by atoms with Crippen LogP contribution in [0, 0.1) is 0 Å². The van der Waals surface area contributed by atoms with Crippen molar-refractivity contribution in [3.63, 3.8) is 0 Å². The summed E-state index contributed by atoms with van der Waals surface area (Å²) < 4.78 is 49.4. The fourth-order valence-corrected chi connectivity index (χ4v) is 2.77. The molecule has 1 atom stereocenters. The molecule has 0 amide bonds. The van der Waals surface area contributed by atoms with Crippen LogP contribution in [0.4, 0.5) is 13.2 Å². The SMILES string of the molecule is COc1cc(C(F)(F)F)c(OC)cc1C1=C(C)NC(C)CC1. The number of rotatable bonds is 3. The minimum atomic E-state index is -4.49. The minimum Gasteiger partial charge on any atom is -0.496 e. The van der Waals surface area contributed by atoms with Gasteiger partial charge in [0.1, 0.15) is 17.1 Å². The normalized spacial score (nSPS) is 19.0. The molecular formula is C16H20F3NO2. The molecule has 0 saturated carbocycles. The summed E-state index contributed by atoms with van der Waals surface area (Å²) in [5.41, 5.74) is 1.73. The molecule has 1 aliphatic rings. The molecule has 0 aromatic heterocycles. The van der Waals surface area contributed by atoms with Gasteiger partial charge in [-0.05, 0) is 44.4 Å². The first-order valence-electron chi connectivity index (χ1n) is 7.07. The fraction of sp³-hybridized carbons (Fsp3) is 0.500. The fourth-order valence-electron chi connectivity index (χ4n) is 2.77. The average Bonchev–Trinajstić information content (AvgIpc) is 2.45. The second-order valence-corrected chi connectivity index (χ2v) is 5.44. The van der Waals surface area contributed by atoms with Crippen LogP contribution >= 0.6 is 0 Å². The molecule has 6 heteroatoms. The lowest BCUT2D eigenvalue weighted by Crippen LogP contribution is -2.28. The molecule has 122 valence electrons. The Kier molecular flexibility index (Phi) is 4.58. The van der Waals surface area contributed by atoms with Gasteiger partial charge in [0, 0.05) is 17.3 Å². The highest BCUT2D eigenvalue weighted by molar-refractivity contribution is 5.75. The first-order valence-corrected chi connectivity index (χ1v) is 7.07. The summed E-state index contributed by atoms with van der Waals surface area (Å²) in [4.78, 5) is 0. The van der Waals surface area contributed by atoms with Crippen molar-refractivity contribution in [3.8, 4) is 11.5 Å². The van der Waals surface area contributed by atoms with E-state index in [1.807, 2.05) is 6.92 Å². The van der Waals surface area contributed by atoms with Crippen LogP contribution in [0.3, 0.4) is 0 Å². The topological polar surface area (TPSA) is 30.5 Å². The van der Waals surface area contributed by atoms with Crippen molar-refractivity contribution in [1.82, 2.24) is 5.32 Å². The van der Waals surface area contributed by atoms with E-state index in [0.717, 1.165) is 30.2 Å². The highest BCUT2D eigenvalue weighted by Gasteiger charge is 2.36. The predicted molar refractivity (Wildman–Crippen MR) is 79.0 cm³/mol. The zero-order valence-corrected chi connectivity index (χ0v) is 13.1. The molecule has 0 fully saturated rings. The van der Waals surface area contributed by atoms with Gasteiger partial charge in [0.2, 0.25) is 0 Å². The number of methoxy groups -OCH3 is 2. The van der Waals surface area contributed by atoms with Crippen LogP contribution in [0.2, 0.25) is 0 Å². The lowest BCUT2D eigenvalue weighted by atomic mass is 9.92. The van der Waals surface area contributed by atoms with Crippen LogP contribution in [0.1, 0.15) is 37.8 Å². The molecule has 0 aliphatic carbocycles. The van der Waals surface area contributed by atoms with Gasteiger partial charge in [-0.3, -0.25) is 0 Å². The molecule has 0 radical (unpaired) electrons. The van der Waals surface area contributed by atoms with Crippen molar-refractivity contribution in [3.05, 3.63) is 29.0 Å². The van der Waals surface area contributed by atoms with E-state index < -0.39 is 11.7 Å². The highest BCUT2D eigenvalue weighted by Crippen LogP contribution is 2.43. The maximum atomic E-state index is 13.1. The second kappa shape index (κ2) is 6.10. The van der Waals surface area contributed by atoms with Crippen LogP contribution in [-0.4, -0.2) is 20.3 Å². The number of ether oxygens (including phenoxy) is 2. The van der Waals surface area contributed by atoms with E-state index in [1.54, 1.807) is 0 Å². The van der Waals surface area contributed by atoms with E-state index in [4.69, 9.17) is 9.47 Å². The Labute approximate surface area is 128 Å². The molecule has 22 heavy (non-hydrogen) atoms. The molecular weight excluding hydrogens is 295 g/mol. The third-order valence-electron chi connectivity index (χ3n) is 3.90. The number of alkyl halides is 3. The van der Waals surface area contributed by atoms with Crippen molar-refractivity contribution in [2.24, 2.45) is 0 Å². The highest BCUT2D eigenvalue weighted by atomic mass is 19.4. The van der Waals surface area contributed by atoms with Crippen LogP contribution in [0.15, 0.2) is 17.8 Å². The zero-order valence-electron chi connectivity index (χ0n) is 13.1. The summed E-state index contributed by atoms with van der Waals surface area (Å²) in [5, 5.41) is 3.32. The maximum absolute atomic E-state index is 13.1. The van der Waals surface area contributed by atoms with E-state index >= 15 is 0 Å². The van der Waals surface area contributed by atoms with Crippen LogP contribution in [0.5, 0.6) is 11.5 Å². The Morgan fingerprint density at radius 1 is 1.14 bits per heavy atom. The number of allylic oxidation sites excluding steroid dienone is 2. The van der Waals surface area contributed by atoms with Gasteiger partial charge in [-0.1, -0.05) is 0 Å². The molecule has 1 unspecified atom stereocenters. The molecule has 2 rings (SSSR count). The Hall–Kier alpha value is -1.85. The second-order valence-electron chi connectivity index (χ2n) is 5.44. The molecule has 0 spiro atoms. The monoisotopic (exact) mass is 315 g/mol. The van der Waals surface area contributed by atoms with Crippen LogP contribution in [0.25, 0.3) is 5.57 Å². The minimum absolute atomic E-state index is 0.192. The number of hydrogen-bond acceptors (Lipinski definition) is 3. The smallest absolute Gasteiger partial charge is 0.420 e. The van der Waals surface area contributed by atoms with Crippen molar-refractivity contribution >= 4 is 5.57 Å². The van der Waals surface area contributed by atoms with Gasteiger partial charge >= 0.3 is 6.18 Å². The molecule has 1 aromatic rings. The molecule has 1 aliphatic heterocycles. The summed E-state index contributed by atoms with van der Waals surface area (Å²) in [6.45, 7) is 4.00. The van der Waals surface area contributed by atoms with Crippen molar-refractivity contribution in [2.45, 2.75) is 38.9 Å². The third-order valence-corrected chi connectivity index (χ3v) is 3.90. The van der Waals surface area contributed by atoms with Crippen LogP contribution in [-0.2, 0) is 6.18 Å². The van der Waals surface area contributed by atoms with Gasteiger partial charge < -0.3 is 14.8 Å². The Morgan fingerprint density at radius 2 is 1.77 bits per heavy atom. The van der Waals surface area contributed by atoms with Crippen molar-refractivity contribution in [2.75, 3.05) is 14.2 Å². The maximum Gasteiger partial charge on any atom is 0.420 e. The standard InChI is InChI=1S/C16H20F3NO2/c1-9-5-6-11(10(2)20-9)12-7-15(22-4)13(16(17,18)19)8-14(12)21-3/h7-9,20H,5-6H2,1-4H3. The zero-order chi connectivity index (χ0) is 16.5. The lowest BCUT2D eigenvalue weighted by Gasteiger charge is -2.27. The van der Waals surface area contributed by atoms with Crippen LogP contribution < -0.4 is 14.8 Å². The molecule has 0 saturated heterocycles. The molecule has 3 nitrogen and oxygen atoms in total. The quantitative estimate of drug-likeness (QED) is 0.905. The Bertz CT molecular complexity index is 594. The number of benzene rings is 1. The molecule has 1 N–H and O–H groups in total. The van der Waals surface area contributed by atoms with E-state index in [-0.39, 0.29) is 11.5 Å². The Balaban J connectivity index is 2.60. The van der Waals surface area contributed by atoms with E-state index in [9.17, 15) is 13.2 Å². The van der Waals surface area contributed by atoms with Gasteiger partial charge in [0.15, 0.2) is 0 Å². The first-order chi connectivity index (χ1) is 10.3. The summed E-state index contributed by atoms with van der Waals surface area (Å²) in [5.74, 6) is 0.0149. The summed E-state index contributed by atoms with van der Waals surface area (Å²) in [6, 6.07) is 2.77. The third kappa shape index (κ3) is 3.15. The number of halogens is 3. The van der Waals surface area contributed by atoms with E-state index in [0.29, 0.717) is 11.6 Å². The van der Waals surface area contributed by atoms with Gasteiger partial charge in [0.05, 0.1) is 14.2 Å². The van der Waals surface area contributed by atoms with Gasteiger partial charge in [-0.25, -0.2) is 0 Å². The number of hydrogen-bond donors (Lipinski definition) is 1. The van der Waals surface area contributed by atoms with E-state index in [2.05, 4.69) is 12.2 Å². The molecule has 1 aromatic carbocycles. The average molecular weight is 315 g/mol. The summed E-state index contributed by atoms with van der Waals surface area (Å²) in [6.07, 6.45) is -2.79. The predicted octanol–water partition coefficient (Wildman–Crippen LogP) is 4.23. The Morgan fingerprint density at radius 3 is 2.27 bits per heavy atom. The summed E-state index contributed by atoms with van der Waals surface area (Å²) >= 11 is 0. The number of nitrogens with one attached hydrogen (secondary N) is 1. The van der Waals surface area contributed by atoms with Gasteiger partial charge in [-0.2, -0.15) is 13.2 Å². The van der Waals surface area contributed by atoms with E-state index in [1.165, 1.54) is 20.3 Å². The summed E-state index contributed by atoms with van der Waals surface area (Å²) in [7, 11) is 2.61. The molecule has 1 heterocycles. The van der Waals surface area contributed by atoms with Gasteiger partial charge in [0.25, 0.3) is 0 Å². The van der Waals surface area contributed by atoms with Crippen molar-refractivity contribution < 1.29 is 22.6 Å². The first kappa shape index (κ1) is 16.5. The van der Waals surface area contributed by atoms with Gasteiger partial charge in [-0.15, -0.1) is 0 Å². The van der Waals surface area contributed by atoms with Crippen molar-refractivity contribution in [1.29, 1.82) is 0 Å². The lowest BCUT2D eigenvalue weighted by molar-refractivity contribution is -0.138. The largest absolute Gasteiger partial charge is 0.496 e.